The molecule has 0 aliphatic carbocycles. The Balaban J connectivity index is 1.90. The van der Waals surface area contributed by atoms with Gasteiger partial charge in [0.2, 0.25) is 0 Å². The van der Waals surface area contributed by atoms with Gasteiger partial charge in [-0.2, -0.15) is 0 Å². The van der Waals surface area contributed by atoms with Crippen LogP contribution in [0.5, 0.6) is 11.5 Å². The van der Waals surface area contributed by atoms with Gasteiger partial charge in [0.15, 0.2) is 22.7 Å². The number of fused-ring (bicyclic) bond motifs is 2. The van der Waals surface area contributed by atoms with Crippen molar-refractivity contribution >= 4 is 22.6 Å². The summed E-state index contributed by atoms with van der Waals surface area (Å²) in [5.41, 5.74) is 2.51. The number of rotatable bonds is 2. The normalized spacial score (nSPS) is 13.6. The minimum atomic E-state index is 0.444. The van der Waals surface area contributed by atoms with E-state index >= 15 is 0 Å². The van der Waals surface area contributed by atoms with Crippen molar-refractivity contribution in [3.63, 3.8) is 0 Å². The second kappa shape index (κ2) is 4.60. The first-order chi connectivity index (χ1) is 10.3. The minimum Gasteiger partial charge on any atom is -0.486 e. The van der Waals surface area contributed by atoms with E-state index in [1.165, 1.54) is 0 Å². The molecule has 0 amide bonds. The molecular weight excluding hydrogens is 288 g/mol. The summed E-state index contributed by atoms with van der Waals surface area (Å²) in [4.78, 5) is 17.1. The van der Waals surface area contributed by atoms with Crippen LogP contribution < -0.4 is 9.47 Å². The van der Waals surface area contributed by atoms with Crippen LogP contribution in [0.25, 0.3) is 16.2 Å². The van der Waals surface area contributed by atoms with E-state index < -0.39 is 0 Å². The predicted molar refractivity (Wildman–Crippen MR) is 79.6 cm³/mol. The number of imidazole rings is 1. The molecule has 2 aromatic heterocycles. The lowest BCUT2D eigenvalue weighted by atomic mass is 10.1. The maximum Gasteiger partial charge on any atom is 0.195 e. The molecule has 0 atom stereocenters. The number of aldehydes is 1. The summed E-state index contributed by atoms with van der Waals surface area (Å²) < 4.78 is 13.1. The molecule has 3 heterocycles. The molecule has 0 saturated heterocycles. The average Bonchev–Trinajstić information content (AvgIpc) is 3.02. The standard InChI is InChI=1S/C15H12N2O3S/c1-9-14(17-7-11(8-18)16-15(17)21-9)10-2-3-12-13(6-10)20-5-4-19-12/h2-3,6-8H,4-5H2,1H3. The van der Waals surface area contributed by atoms with Crippen molar-refractivity contribution in [3.8, 4) is 22.8 Å². The number of aryl methyl sites for hydroxylation is 1. The third kappa shape index (κ3) is 1.91. The fourth-order valence-corrected chi connectivity index (χ4v) is 3.54. The summed E-state index contributed by atoms with van der Waals surface area (Å²) >= 11 is 1.57. The van der Waals surface area contributed by atoms with Gasteiger partial charge in [-0.05, 0) is 25.1 Å². The minimum absolute atomic E-state index is 0.444. The van der Waals surface area contributed by atoms with E-state index in [4.69, 9.17) is 9.47 Å². The molecule has 1 aromatic carbocycles. The fraction of sp³-hybridized carbons (Fsp3) is 0.200. The Hall–Kier alpha value is -2.34. The van der Waals surface area contributed by atoms with Crippen LogP contribution in [0.2, 0.25) is 0 Å². The molecule has 0 N–H and O–H groups in total. The molecule has 106 valence electrons. The van der Waals surface area contributed by atoms with E-state index in [-0.39, 0.29) is 0 Å². The van der Waals surface area contributed by atoms with Crippen LogP contribution in [0.3, 0.4) is 0 Å². The zero-order chi connectivity index (χ0) is 14.4. The molecule has 0 fully saturated rings. The van der Waals surface area contributed by atoms with E-state index in [9.17, 15) is 4.79 Å². The van der Waals surface area contributed by atoms with Crippen molar-refractivity contribution in [2.24, 2.45) is 0 Å². The third-order valence-corrected chi connectivity index (χ3v) is 4.42. The number of nitrogens with zero attached hydrogens (tertiary/aromatic N) is 2. The molecule has 0 spiro atoms. The number of aromatic nitrogens is 2. The quantitative estimate of drug-likeness (QED) is 0.683. The monoisotopic (exact) mass is 300 g/mol. The molecule has 0 radical (unpaired) electrons. The Morgan fingerprint density at radius 1 is 1.29 bits per heavy atom. The number of carbonyl (C=O) groups is 1. The van der Waals surface area contributed by atoms with E-state index in [0.29, 0.717) is 18.9 Å². The lowest BCUT2D eigenvalue weighted by Gasteiger charge is -2.18. The van der Waals surface area contributed by atoms with Gasteiger partial charge in [0.25, 0.3) is 0 Å². The van der Waals surface area contributed by atoms with Crippen LogP contribution in [0, 0.1) is 6.92 Å². The second-order valence-electron chi connectivity index (χ2n) is 4.80. The number of thiazole rings is 1. The van der Waals surface area contributed by atoms with E-state index in [1.54, 1.807) is 17.5 Å². The zero-order valence-corrected chi connectivity index (χ0v) is 12.1. The van der Waals surface area contributed by atoms with Gasteiger partial charge < -0.3 is 9.47 Å². The van der Waals surface area contributed by atoms with Gasteiger partial charge in [-0.25, -0.2) is 4.98 Å². The second-order valence-corrected chi connectivity index (χ2v) is 5.98. The van der Waals surface area contributed by atoms with Crippen molar-refractivity contribution in [1.29, 1.82) is 0 Å². The first-order valence-electron chi connectivity index (χ1n) is 6.60. The Labute approximate surface area is 124 Å². The number of carbonyl (C=O) groups excluding carboxylic acids is 1. The first kappa shape index (κ1) is 12.4. The molecule has 6 heteroatoms. The van der Waals surface area contributed by atoms with Crippen molar-refractivity contribution in [1.82, 2.24) is 9.38 Å². The Kier molecular flexibility index (Phi) is 2.71. The highest BCUT2D eigenvalue weighted by Gasteiger charge is 2.17. The molecule has 0 saturated carbocycles. The van der Waals surface area contributed by atoms with Crippen LogP contribution in [-0.2, 0) is 0 Å². The van der Waals surface area contributed by atoms with Gasteiger partial charge in [0, 0.05) is 16.6 Å². The van der Waals surface area contributed by atoms with E-state index in [0.717, 1.165) is 38.9 Å². The lowest BCUT2D eigenvalue weighted by molar-refractivity contribution is 0.111. The topological polar surface area (TPSA) is 52.8 Å². The number of benzene rings is 1. The van der Waals surface area contributed by atoms with Crippen LogP contribution in [0.15, 0.2) is 24.4 Å². The largest absolute Gasteiger partial charge is 0.486 e. The third-order valence-electron chi connectivity index (χ3n) is 3.45. The number of hydrogen-bond donors (Lipinski definition) is 0. The van der Waals surface area contributed by atoms with Crippen molar-refractivity contribution in [3.05, 3.63) is 35.0 Å². The van der Waals surface area contributed by atoms with Gasteiger partial charge in [-0.3, -0.25) is 9.20 Å². The van der Waals surface area contributed by atoms with Crippen LogP contribution in [0.4, 0.5) is 0 Å². The molecule has 5 nitrogen and oxygen atoms in total. The van der Waals surface area contributed by atoms with Crippen molar-refractivity contribution < 1.29 is 14.3 Å². The highest BCUT2D eigenvalue weighted by Crippen LogP contribution is 2.37. The maximum atomic E-state index is 10.9. The summed E-state index contributed by atoms with van der Waals surface area (Å²) in [5.74, 6) is 1.53. The fourth-order valence-electron chi connectivity index (χ4n) is 2.56. The Bertz CT molecular complexity index is 850. The molecule has 1 aliphatic rings. The number of hydrogen-bond acceptors (Lipinski definition) is 5. The first-order valence-corrected chi connectivity index (χ1v) is 7.41. The zero-order valence-electron chi connectivity index (χ0n) is 11.3. The molecule has 4 rings (SSSR count). The Morgan fingerprint density at radius 3 is 2.90 bits per heavy atom. The Morgan fingerprint density at radius 2 is 2.10 bits per heavy atom. The van der Waals surface area contributed by atoms with Crippen molar-refractivity contribution in [2.75, 3.05) is 13.2 Å². The summed E-state index contributed by atoms with van der Waals surface area (Å²) in [6.07, 6.45) is 2.53. The summed E-state index contributed by atoms with van der Waals surface area (Å²) in [6, 6.07) is 5.90. The molecule has 0 bridgehead atoms. The molecule has 21 heavy (non-hydrogen) atoms. The van der Waals surface area contributed by atoms with E-state index in [1.807, 2.05) is 29.5 Å². The summed E-state index contributed by atoms with van der Waals surface area (Å²) in [6.45, 7) is 3.19. The summed E-state index contributed by atoms with van der Waals surface area (Å²) in [5, 5.41) is 0. The lowest BCUT2D eigenvalue weighted by Crippen LogP contribution is -2.15. The van der Waals surface area contributed by atoms with Gasteiger partial charge in [-0.15, -0.1) is 11.3 Å². The van der Waals surface area contributed by atoms with Crippen LogP contribution in [-0.4, -0.2) is 28.9 Å². The molecular formula is C15H12N2O3S. The van der Waals surface area contributed by atoms with Crippen molar-refractivity contribution in [2.45, 2.75) is 6.92 Å². The number of ether oxygens (including phenoxy) is 2. The van der Waals surface area contributed by atoms with Gasteiger partial charge in [0.05, 0.1) is 5.69 Å². The highest BCUT2D eigenvalue weighted by molar-refractivity contribution is 7.17. The summed E-state index contributed by atoms with van der Waals surface area (Å²) in [7, 11) is 0. The molecule has 3 aromatic rings. The highest BCUT2D eigenvalue weighted by atomic mass is 32.1. The van der Waals surface area contributed by atoms with Gasteiger partial charge in [0.1, 0.15) is 18.9 Å². The van der Waals surface area contributed by atoms with Gasteiger partial charge >= 0.3 is 0 Å². The maximum absolute atomic E-state index is 10.9. The van der Waals surface area contributed by atoms with E-state index in [2.05, 4.69) is 4.98 Å². The van der Waals surface area contributed by atoms with Crippen LogP contribution >= 0.6 is 11.3 Å². The van der Waals surface area contributed by atoms with Gasteiger partial charge in [-0.1, -0.05) is 0 Å². The smallest absolute Gasteiger partial charge is 0.195 e. The molecule has 0 unspecified atom stereocenters. The SMILES string of the molecule is Cc1sc2nc(C=O)cn2c1-c1ccc2c(c1)OCCO2. The van der Waals surface area contributed by atoms with Crippen LogP contribution in [0.1, 0.15) is 15.4 Å². The average molecular weight is 300 g/mol. The predicted octanol–water partition coefficient (Wildman–Crippen LogP) is 2.95. The molecule has 1 aliphatic heterocycles.